The van der Waals surface area contributed by atoms with Crippen LogP contribution in [0.25, 0.3) is 0 Å². The number of amides is 1. The minimum absolute atomic E-state index is 0.0810. The first kappa shape index (κ1) is 13.9. The molecule has 23 heavy (non-hydrogen) atoms. The predicted octanol–water partition coefficient (Wildman–Crippen LogP) is 4.36. The van der Waals surface area contributed by atoms with Gasteiger partial charge in [-0.3, -0.25) is 0 Å². The van der Waals surface area contributed by atoms with Crippen LogP contribution in [0.4, 0.5) is 4.79 Å². The largest absolute Gasteiger partial charge is 0.444 e. The fourth-order valence-corrected chi connectivity index (χ4v) is 5.04. The van der Waals surface area contributed by atoms with Crippen LogP contribution in [0.15, 0.2) is 24.3 Å². The molecule has 3 nitrogen and oxygen atoms in total. The Morgan fingerprint density at radius 3 is 2.91 bits per heavy atom. The van der Waals surface area contributed by atoms with Crippen molar-refractivity contribution in [3.05, 3.63) is 35.4 Å². The number of carbonyl (C=O) groups excluding carboxylic acids is 1. The second kappa shape index (κ2) is 4.99. The molecule has 3 heteroatoms. The van der Waals surface area contributed by atoms with E-state index in [9.17, 15) is 4.79 Å². The van der Waals surface area contributed by atoms with Crippen molar-refractivity contribution in [1.82, 2.24) is 4.90 Å². The lowest BCUT2D eigenvalue weighted by molar-refractivity contribution is 0.0259. The maximum atomic E-state index is 12.6. The lowest BCUT2D eigenvalue weighted by atomic mass is 9.63. The van der Waals surface area contributed by atoms with Gasteiger partial charge in [0, 0.05) is 14.4 Å². The molecule has 4 atom stereocenters. The zero-order chi connectivity index (χ0) is 17.1. The molecule has 1 heterocycles. The van der Waals surface area contributed by atoms with Crippen molar-refractivity contribution in [3.63, 3.8) is 0 Å². The molecule has 1 aliphatic heterocycles. The highest BCUT2D eigenvalue weighted by Gasteiger charge is 2.58. The van der Waals surface area contributed by atoms with Gasteiger partial charge in [0.1, 0.15) is 5.60 Å². The molecule has 124 valence electrons. The third-order valence-corrected chi connectivity index (χ3v) is 5.94. The molecule has 0 radical (unpaired) electrons. The molecule has 1 aromatic carbocycles. The Morgan fingerprint density at radius 2 is 2.13 bits per heavy atom. The molecule has 1 saturated carbocycles. The summed E-state index contributed by atoms with van der Waals surface area (Å²) in [7, 11) is 0. The van der Waals surface area contributed by atoms with Crippen LogP contribution >= 0.6 is 0 Å². The van der Waals surface area contributed by atoms with Crippen LogP contribution in [0, 0.1) is 11.3 Å². The lowest BCUT2D eigenvalue weighted by Crippen LogP contribution is -2.39. The van der Waals surface area contributed by atoms with E-state index in [0.717, 1.165) is 25.7 Å². The summed E-state index contributed by atoms with van der Waals surface area (Å²) >= 11 is 0. The molecule has 0 aromatic heterocycles. The number of carbonyl (C=O) groups is 1. The molecule has 3 aliphatic rings. The minimum Gasteiger partial charge on any atom is -0.444 e. The summed E-state index contributed by atoms with van der Waals surface area (Å²) in [5, 5.41) is 0. The van der Waals surface area contributed by atoms with Crippen LogP contribution < -0.4 is 0 Å². The van der Waals surface area contributed by atoms with Crippen molar-refractivity contribution in [1.29, 1.82) is 0 Å². The highest BCUT2D eigenvalue weighted by molar-refractivity contribution is 5.69. The summed E-state index contributed by atoms with van der Waals surface area (Å²) in [4.78, 5) is 14.3. The first-order valence-corrected chi connectivity index (χ1v) is 8.81. The Kier molecular flexibility index (Phi) is 3.01. The van der Waals surface area contributed by atoms with Crippen LogP contribution in [0.5, 0.6) is 0 Å². The summed E-state index contributed by atoms with van der Waals surface area (Å²) < 4.78 is 14.3. The summed E-state index contributed by atoms with van der Waals surface area (Å²) in [6.07, 6.45) is 4.04. The quantitative estimate of drug-likeness (QED) is 0.712. The number of likely N-dealkylation sites (tertiary alicyclic amines) is 1. The molecule has 4 rings (SSSR count). The number of hydrogen-bond acceptors (Lipinski definition) is 2. The number of nitrogens with zero attached hydrogens (tertiary/aromatic N) is 1. The predicted molar refractivity (Wildman–Crippen MR) is 90.5 cm³/mol. The molecule has 1 spiro atoms. The zero-order valence-corrected chi connectivity index (χ0v) is 14.3. The van der Waals surface area contributed by atoms with Crippen molar-refractivity contribution in [2.24, 2.45) is 11.3 Å². The zero-order valence-electron chi connectivity index (χ0n) is 15.3. The third-order valence-electron chi connectivity index (χ3n) is 5.94. The molecular formula is C20H27NO2. The van der Waals surface area contributed by atoms with Crippen LogP contribution in [0.1, 0.15) is 58.4 Å². The summed E-state index contributed by atoms with van der Waals surface area (Å²) in [5.74, 6) is 0.774. The Hall–Kier alpha value is -1.51. The van der Waals surface area contributed by atoms with Crippen molar-refractivity contribution in [3.8, 4) is 0 Å². The fourth-order valence-electron chi connectivity index (χ4n) is 5.04. The first-order chi connectivity index (χ1) is 11.3. The number of aryl methyl sites for hydroxylation is 1. The number of rotatable bonds is 0. The van der Waals surface area contributed by atoms with Gasteiger partial charge in [-0.25, -0.2) is 4.79 Å². The second-order valence-electron chi connectivity index (χ2n) is 8.43. The van der Waals surface area contributed by atoms with Crippen LogP contribution in [-0.4, -0.2) is 29.7 Å². The average Bonchev–Trinajstić information content (AvgIpc) is 3.01. The van der Waals surface area contributed by atoms with E-state index in [0.29, 0.717) is 12.5 Å². The number of ether oxygens (including phenoxy) is 1. The monoisotopic (exact) mass is 314 g/mol. The summed E-state index contributed by atoms with van der Waals surface area (Å²) in [6.45, 7) is 5.88. The van der Waals surface area contributed by atoms with Crippen LogP contribution in [0.2, 0.25) is 0 Å². The molecule has 1 aromatic rings. The summed E-state index contributed by atoms with van der Waals surface area (Å²) in [5.41, 5.74) is 2.50. The van der Waals surface area contributed by atoms with Crippen molar-refractivity contribution < 1.29 is 10.9 Å². The Balaban J connectivity index is 1.64. The van der Waals surface area contributed by atoms with Gasteiger partial charge in [-0.05, 0) is 74.8 Å². The van der Waals surface area contributed by atoms with Gasteiger partial charge < -0.3 is 9.64 Å². The van der Waals surface area contributed by atoms with E-state index in [2.05, 4.69) is 24.3 Å². The Labute approximate surface area is 140 Å². The smallest absolute Gasteiger partial charge is 0.410 e. The van der Waals surface area contributed by atoms with E-state index in [1.54, 1.807) is 4.90 Å². The van der Waals surface area contributed by atoms with Crippen molar-refractivity contribution >= 4 is 6.09 Å². The van der Waals surface area contributed by atoms with E-state index in [1.807, 2.05) is 20.8 Å². The average molecular weight is 314 g/mol. The van der Waals surface area contributed by atoms with Crippen molar-refractivity contribution in [2.75, 3.05) is 13.1 Å². The van der Waals surface area contributed by atoms with E-state index >= 15 is 0 Å². The van der Waals surface area contributed by atoms with Gasteiger partial charge in [-0.15, -0.1) is 0 Å². The molecule has 1 unspecified atom stereocenters. The minimum atomic E-state index is -0.509. The number of benzene rings is 1. The normalized spacial score (nSPS) is 36.0. The van der Waals surface area contributed by atoms with Crippen LogP contribution in [-0.2, 0) is 11.2 Å². The molecular weight excluding hydrogens is 286 g/mol. The van der Waals surface area contributed by atoms with Gasteiger partial charge in [-0.2, -0.15) is 0 Å². The number of fused-ring (bicyclic) bond motifs is 2. The number of hydrogen-bond donors (Lipinski definition) is 0. The van der Waals surface area contributed by atoms with Crippen molar-refractivity contribution in [2.45, 2.75) is 58.0 Å². The second-order valence-corrected chi connectivity index (χ2v) is 8.43. The van der Waals surface area contributed by atoms with Gasteiger partial charge in [0.15, 0.2) is 0 Å². The maximum absolute atomic E-state index is 12.6. The highest BCUT2D eigenvalue weighted by Crippen LogP contribution is 2.61. The molecule has 2 fully saturated rings. The molecule has 1 saturated heterocycles. The fraction of sp³-hybridized carbons (Fsp3) is 0.650. The first-order valence-electron chi connectivity index (χ1n) is 9.39. The van der Waals surface area contributed by atoms with E-state index in [-0.39, 0.29) is 17.4 Å². The molecule has 2 aliphatic carbocycles. The van der Waals surface area contributed by atoms with E-state index in [1.165, 1.54) is 11.1 Å². The summed E-state index contributed by atoms with van der Waals surface area (Å²) in [6, 6.07) is 8.76. The van der Waals surface area contributed by atoms with Gasteiger partial charge >= 0.3 is 6.09 Å². The molecule has 0 N–H and O–H groups in total. The SMILES string of the molecule is [2H][C@H]1[C@H]2CC[C@H]3c4ccccc4CCC23CN1C(=O)OC(C)(C)C. The topological polar surface area (TPSA) is 29.5 Å². The van der Waals surface area contributed by atoms with E-state index in [4.69, 9.17) is 6.11 Å². The third kappa shape index (κ3) is 2.36. The molecule has 0 bridgehead atoms. The Bertz CT molecular complexity index is 668. The molecule has 1 amide bonds. The highest BCUT2D eigenvalue weighted by atomic mass is 16.6. The maximum Gasteiger partial charge on any atom is 0.410 e. The van der Waals surface area contributed by atoms with Crippen LogP contribution in [0.3, 0.4) is 0 Å². The lowest BCUT2D eigenvalue weighted by Gasteiger charge is -2.41. The van der Waals surface area contributed by atoms with Gasteiger partial charge in [0.05, 0.1) is 0 Å². The Morgan fingerprint density at radius 1 is 1.35 bits per heavy atom. The van der Waals surface area contributed by atoms with Gasteiger partial charge in [-0.1, -0.05) is 24.3 Å². The van der Waals surface area contributed by atoms with E-state index < -0.39 is 12.1 Å². The standard InChI is InChI=1S/C20H27NO2/c1-19(2,3)23-18(22)21-12-15-8-9-17-16-7-5-4-6-14(16)10-11-20(15,17)13-21/h4-7,15,17H,8-13H2,1-3H3/t15-,17+,20?/m1/s1/i12D/t12-,15+,17-,20?/m0. The van der Waals surface area contributed by atoms with Gasteiger partial charge in [0.2, 0.25) is 0 Å². The van der Waals surface area contributed by atoms with Gasteiger partial charge in [0.25, 0.3) is 0 Å².